The number of aliphatic hydroxyl groups is 3. The number of methoxy groups -OCH3 is 1. The highest BCUT2D eigenvalue weighted by atomic mass is 16.7. The standard InChI is InChI=1S/C17H34O4/c1-5-8-9-10-11-13-15(12-6-2)16(21-4,14-7-3)17(18,19)20/h6,12,15,18-20H,5,7-11,13-14H2,1-4H3. The molecule has 0 rings (SSSR count). The molecular weight excluding hydrogens is 268 g/mol. The van der Waals surface area contributed by atoms with Crippen molar-refractivity contribution < 1.29 is 20.1 Å². The van der Waals surface area contributed by atoms with Crippen LogP contribution in [0.5, 0.6) is 0 Å². The molecule has 0 heterocycles. The van der Waals surface area contributed by atoms with Crippen LogP contribution in [0.25, 0.3) is 0 Å². The first-order valence-electron chi connectivity index (χ1n) is 8.24. The summed E-state index contributed by atoms with van der Waals surface area (Å²) >= 11 is 0. The number of hydrogen-bond donors (Lipinski definition) is 3. The van der Waals surface area contributed by atoms with Crippen LogP contribution in [0.15, 0.2) is 12.2 Å². The van der Waals surface area contributed by atoms with Crippen LogP contribution in [0.1, 0.15) is 72.1 Å². The van der Waals surface area contributed by atoms with Gasteiger partial charge in [-0.3, -0.25) is 0 Å². The predicted molar refractivity (Wildman–Crippen MR) is 85.7 cm³/mol. The van der Waals surface area contributed by atoms with E-state index in [-0.39, 0.29) is 5.92 Å². The minimum absolute atomic E-state index is 0.228. The second-order valence-corrected chi connectivity index (χ2v) is 5.81. The van der Waals surface area contributed by atoms with Gasteiger partial charge in [0, 0.05) is 13.0 Å². The molecule has 126 valence electrons. The maximum Gasteiger partial charge on any atom is 0.306 e. The number of allylic oxidation sites excluding steroid dienone is 1. The molecule has 0 aliphatic rings. The molecule has 0 aliphatic heterocycles. The third-order valence-corrected chi connectivity index (χ3v) is 4.20. The molecule has 0 bridgehead atoms. The van der Waals surface area contributed by atoms with Crippen molar-refractivity contribution in [3.63, 3.8) is 0 Å². The Kier molecular flexibility index (Phi) is 10.1. The summed E-state index contributed by atoms with van der Waals surface area (Å²) in [5.74, 6) is -3.07. The summed E-state index contributed by atoms with van der Waals surface area (Å²) in [6.45, 7) is 6.01. The van der Waals surface area contributed by atoms with Crippen molar-refractivity contribution in [2.75, 3.05) is 7.11 Å². The average molecular weight is 302 g/mol. The summed E-state index contributed by atoms with van der Waals surface area (Å²) in [5.41, 5.74) is -1.38. The van der Waals surface area contributed by atoms with Gasteiger partial charge in [0.15, 0.2) is 5.60 Å². The third kappa shape index (κ3) is 6.07. The lowest BCUT2D eigenvalue weighted by atomic mass is 9.77. The molecule has 0 spiro atoms. The predicted octanol–water partition coefficient (Wildman–Crippen LogP) is 3.36. The van der Waals surface area contributed by atoms with E-state index in [0.29, 0.717) is 12.8 Å². The van der Waals surface area contributed by atoms with Gasteiger partial charge in [-0.2, -0.15) is 0 Å². The summed E-state index contributed by atoms with van der Waals surface area (Å²) in [5, 5.41) is 29.5. The summed E-state index contributed by atoms with van der Waals surface area (Å²) in [6.07, 6.45) is 11.4. The van der Waals surface area contributed by atoms with Gasteiger partial charge in [-0.15, -0.1) is 0 Å². The van der Waals surface area contributed by atoms with Crippen molar-refractivity contribution in [2.45, 2.75) is 83.7 Å². The van der Waals surface area contributed by atoms with E-state index in [9.17, 15) is 15.3 Å². The molecular formula is C17H34O4. The van der Waals surface area contributed by atoms with E-state index >= 15 is 0 Å². The highest BCUT2D eigenvalue weighted by Gasteiger charge is 2.53. The van der Waals surface area contributed by atoms with E-state index in [4.69, 9.17) is 4.74 Å². The van der Waals surface area contributed by atoms with Gasteiger partial charge < -0.3 is 20.1 Å². The molecule has 21 heavy (non-hydrogen) atoms. The molecule has 0 amide bonds. The fourth-order valence-corrected chi connectivity index (χ4v) is 3.05. The molecule has 4 nitrogen and oxygen atoms in total. The smallest absolute Gasteiger partial charge is 0.306 e. The largest absolute Gasteiger partial charge is 0.369 e. The monoisotopic (exact) mass is 302 g/mol. The first-order chi connectivity index (χ1) is 9.89. The lowest BCUT2D eigenvalue weighted by Gasteiger charge is -2.43. The van der Waals surface area contributed by atoms with Gasteiger partial charge >= 0.3 is 5.97 Å². The van der Waals surface area contributed by atoms with Crippen molar-refractivity contribution in [2.24, 2.45) is 5.92 Å². The Balaban J connectivity index is 4.98. The number of hydrogen-bond acceptors (Lipinski definition) is 4. The van der Waals surface area contributed by atoms with Crippen LogP contribution in [-0.4, -0.2) is 34.0 Å². The van der Waals surface area contributed by atoms with Gasteiger partial charge in [-0.05, 0) is 19.8 Å². The lowest BCUT2D eigenvalue weighted by Crippen LogP contribution is -2.59. The van der Waals surface area contributed by atoms with Crippen LogP contribution < -0.4 is 0 Å². The maximum absolute atomic E-state index is 9.85. The summed E-state index contributed by atoms with van der Waals surface area (Å²) in [7, 11) is 1.43. The number of ether oxygens (including phenoxy) is 1. The Morgan fingerprint density at radius 2 is 1.62 bits per heavy atom. The molecule has 2 unspecified atom stereocenters. The fourth-order valence-electron chi connectivity index (χ4n) is 3.05. The van der Waals surface area contributed by atoms with E-state index in [1.54, 1.807) is 0 Å². The molecule has 3 N–H and O–H groups in total. The molecule has 0 fully saturated rings. The Hall–Kier alpha value is -0.420. The van der Waals surface area contributed by atoms with Crippen LogP contribution >= 0.6 is 0 Å². The molecule has 0 saturated heterocycles. The van der Waals surface area contributed by atoms with E-state index in [1.807, 2.05) is 26.0 Å². The summed E-state index contributed by atoms with van der Waals surface area (Å²) in [4.78, 5) is 0. The third-order valence-electron chi connectivity index (χ3n) is 4.20. The lowest BCUT2D eigenvalue weighted by molar-refractivity contribution is -0.405. The van der Waals surface area contributed by atoms with Crippen molar-refractivity contribution in [3.05, 3.63) is 12.2 Å². The van der Waals surface area contributed by atoms with Crippen LogP contribution in [0.3, 0.4) is 0 Å². The average Bonchev–Trinajstić information content (AvgIpc) is 2.42. The van der Waals surface area contributed by atoms with Crippen molar-refractivity contribution >= 4 is 0 Å². The van der Waals surface area contributed by atoms with E-state index < -0.39 is 11.6 Å². The van der Waals surface area contributed by atoms with Gasteiger partial charge in [0.1, 0.15) is 0 Å². The molecule has 2 atom stereocenters. The molecule has 0 aromatic carbocycles. The minimum Gasteiger partial charge on any atom is -0.369 e. The zero-order valence-corrected chi connectivity index (χ0v) is 14.1. The number of unbranched alkanes of at least 4 members (excludes halogenated alkanes) is 4. The van der Waals surface area contributed by atoms with Crippen LogP contribution in [0.2, 0.25) is 0 Å². The first kappa shape index (κ1) is 20.6. The highest BCUT2D eigenvalue weighted by Crippen LogP contribution is 2.38. The van der Waals surface area contributed by atoms with Crippen molar-refractivity contribution in [3.8, 4) is 0 Å². The van der Waals surface area contributed by atoms with Crippen molar-refractivity contribution in [1.82, 2.24) is 0 Å². The van der Waals surface area contributed by atoms with Gasteiger partial charge in [-0.1, -0.05) is 64.5 Å². The SMILES string of the molecule is CC=CC(CCCCCCC)C(CCC)(OC)C(O)(O)O. The quantitative estimate of drug-likeness (QED) is 0.294. The Morgan fingerprint density at radius 1 is 1.00 bits per heavy atom. The highest BCUT2D eigenvalue weighted by molar-refractivity contribution is 5.03. The number of rotatable bonds is 12. The van der Waals surface area contributed by atoms with Gasteiger partial charge in [0.2, 0.25) is 0 Å². The van der Waals surface area contributed by atoms with Gasteiger partial charge in [-0.25, -0.2) is 0 Å². The normalized spacial score (nSPS) is 17.1. The van der Waals surface area contributed by atoms with E-state index in [1.165, 1.54) is 26.4 Å². The zero-order chi connectivity index (χ0) is 16.4. The minimum atomic E-state index is -2.84. The molecule has 4 heteroatoms. The molecule has 0 radical (unpaired) electrons. The van der Waals surface area contributed by atoms with Crippen LogP contribution in [-0.2, 0) is 4.74 Å². The summed E-state index contributed by atoms with van der Waals surface area (Å²) in [6, 6.07) is 0. The Labute approximate surface area is 129 Å². The fraction of sp³-hybridized carbons (Fsp3) is 0.882. The summed E-state index contributed by atoms with van der Waals surface area (Å²) < 4.78 is 5.43. The Bertz CT molecular complexity index is 283. The van der Waals surface area contributed by atoms with Crippen molar-refractivity contribution in [1.29, 1.82) is 0 Å². The second kappa shape index (κ2) is 10.3. The molecule has 0 aromatic rings. The Morgan fingerprint density at radius 3 is 2.05 bits per heavy atom. The van der Waals surface area contributed by atoms with Crippen LogP contribution in [0, 0.1) is 5.92 Å². The topological polar surface area (TPSA) is 69.9 Å². The van der Waals surface area contributed by atoms with Crippen LogP contribution in [0.4, 0.5) is 0 Å². The van der Waals surface area contributed by atoms with E-state index in [2.05, 4.69) is 6.92 Å². The maximum atomic E-state index is 9.85. The van der Waals surface area contributed by atoms with E-state index in [0.717, 1.165) is 19.3 Å². The van der Waals surface area contributed by atoms with Gasteiger partial charge in [0.05, 0.1) is 0 Å². The molecule has 0 saturated carbocycles. The molecule has 0 aliphatic carbocycles. The molecule has 0 aromatic heterocycles. The second-order valence-electron chi connectivity index (χ2n) is 5.81. The first-order valence-corrected chi connectivity index (χ1v) is 8.24. The van der Waals surface area contributed by atoms with Gasteiger partial charge in [0.25, 0.3) is 0 Å². The zero-order valence-electron chi connectivity index (χ0n) is 14.1.